The molecule has 0 fully saturated rings. The van der Waals surface area contributed by atoms with Crippen molar-refractivity contribution < 1.29 is 31.1 Å². The fourth-order valence-corrected chi connectivity index (χ4v) is 3.34. The zero-order valence-corrected chi connectivity index (χ0v) is 19.8. The first-order valence-corrected chi connectivity index (χ1v) is 10.9. The smallest absolute Gasteiger partial charge is 0.406 e. The molecule has 0 radical (unpaired) electrons. The van der Waals surface area contributed by atoms with Crippen LogP contribution in [-0.4, -0.2) is 48.4 Å². The highest BCUT2D eigenvalue weighted by Gasteiger charge is 2.33. The number of hydrogen-bond acceptors (Lipinski definition) is 6. The molecule has 1 heterocycles. The van der Waals surface area contributed by atoms with Crippen LogP contribution in [0, 0.1) is 6.92 Å². The Morgan fingerprint density at radius 2 is 1.69 bits per heavy atom. The van der Waals surface area contributed by atoms with Gasteiger partial charge >= 0.3 is 12.5 Å². The Balaban J connectivity index is 1.95. The molecule has 0 aliphatic carbocycles. The number of halogens is 6. The Morgan fingerprint density at radius 1 is 0.944 bits per heavy atom. The Kier molecular flexibility index (Phi) is 8.28. The van der Waals surface area contributed by atoms with Crippen molar-refractivity contribution in [2.75, 3.05) is 37.8 Å². The third-order valence-corrected chi connectivity index (χ3v) is 4.97. The van der Waals surface area contributed by atoms with Crippen molar-refractivity contribution >= 4 is 17.5 Å². The van der Waals surface area contributed by atoms with Crippen LogP contribution in [0.1, 0.15) is 17.5 Å². The SMILES string of the molecule is Cc1ccc(Nc2cc(-c3cccc(OC(F)(F)F)c3)nc(NCCCN(C)C)n2)cc1C(F)(F)F. The van der Waals surface area contributed by atoms with Gasteiger partial charge in [-0.1, -0.05) is 18.2 Å². The number of ether oxygens (including phenoxy) is 1. The average Bonchev–Trinajstić information content (AvgIpc) is 2.76. The molecule has 0 unspecified atom stereocenters. The van der Waals surface area contributed by atoms with E-state index in [1.165, 1.54) is 37.3 Å². The maximum absolute atomic E-state index is 13.3. The fraction of sp³-hybridized carbons (Fsp3) is 0.333. The first kappa shape index (κ1) is 27.1. The van der Waals surface area contributed by atoms with Crippen molar-refractivity contribution in [3.8, 4) is 17.0 Å². The number of hydrogen-bond donors (Lipinski definition) is 2. The van der Waals surface area contributed by atoms with Gasteiger partial charge in [0.25, 0.3) is 0 Å². The van der Waals surface area contributed by atoms with Gasteiger partial charge in [-0.15, -0.1) is 13.2 Å². The van der Waals surface area contributed by atoms with E-state index in [2.05, 4.69) is 25.3 Å². The lowest BCUT2D eigenvalue weighted by molar-refractivity contribution is -0.274. The van der Waals surface area contributed by atoms with Crippen LogP contribution in [0.15, 0.2) is 48.5 Å². The van der Waals surface area contributed by atoms with E-state index in [1.54, 1.807) is 6.07 Å². The molecule has 0 aliphatic heterocycles. The minimum absolute atomic E-state index is 0.0705. The van der Waals surface area contributed by atoms with E-state index in [0.717, 1.165) is 25.1 Å². The van der Waals surface area contributed by atoms with Gasteiger partial charge in [0, 0.05) is 23.9 Å². The Bertz CT molecular complexity index is 1180. The summed E-state index contributed by atoms with van der Waals surface area (Å²) in [6.45, 7) is 2.65. The van der Waals surface area contributed by atoms with E-state index in [0.29, 0.717) is 12.1 Å². The van der Waals surface area contributed by atoms with E-state index < -0.39 is 23.9 Å². The van der Waals surface area contributed by atoms with E-state index in [-0.39, 0.29) is 28.7 Å². The maximum Gasteiger partial charge on any atom is 0.573 e. The van der Waals surface area contributed by atoms with Gasteiger partial charge in [0.1, 0.15) is 11.6 Å². The molecule has 2 aromatic carbocycles. The molecule has 3 rings (SSSR count). The molecular formula is C24H25F6N5O. The van der Waals surface area contributed by atoms with Gasteiger partial charge in [-0.3, -0.25) is 0 Å². The number of aromatic nitrogens is 2. The molecule has 6 nitrogen and oxygen atoms in total. The molecule has 2 N–H and O–H groups in total. The van der Waals surface area contributed by atoms with Crippen LogP contribution >= 0.6 is 0 Å². The topological polar surface area (TPSA) is 62.3 Å². The quantitative estimate of drug-likeness (QED) is 0.252. The second-order valence-corrected chi connectivity index (χ2v) is 8.27. The predicted molar refractivity (Wildman–Crippen MR) is 125 cm³/mol. The minimum atomic E-state index is -4.86. The molecule has 0 saturated heterocycles. The number of alkyl halides is 6. The highest BCUT2D eigenvalue weighted by Crippen LogP contribution is 2.34. The lowest BCUT2D eigenvalue weighted by Crippen LogP contribution is -2.17. The summed E-state index contributed by atoms with van der Waals surface area (Å²) in [4.78, 5) is 10.7. The third-order valence-electron chi connectivity index (χ3n) is 4.97. The van der Waals surface area contributed by atoms with Crippen LogP contribution in [0.2, 0.25) is 0 Å². The standard InChI is InChI=1S/C24H25F6N5O/c1-15-8-9-17(13-19(15)23(25,26)27)32-21-14-20(33-22(34-21)31-10-5-11-35(2)3)16-6-4-7-18(12-16)36-24(28,29)30/h4,6-9,12-14H,5,10-11H2,1-3H3,(H2,31,32,33,34). The summed E-state index contributed by atoms with van der Waals surface area (Å²) in [6, 6.07) is 10.5. The summed E-state index contributed by atoms with van der Waals surface area (Å²) in [7, 11) is 3.85. The molecular weight excluding hydrogens is 488 g/mol. The van der Waals surface area contributed by atoms with Gasteiger partial charge in [0.05, 0.1) is 11.3 Å². The van der Waals surface area contributed by atoms with Crippen molar-refractivity contribution in [1.82, 2.24) is 14.9 Å². The van der Waals surface area contributed by atoms with Crippen LogP contribution in [0.3, 0.4) is 0 Å². The maximum atomic E-state index is 13.3. The van der Waals surface area contributed by atoms with Crippen molar-refractivity contribution in [2.24, 2.45) is 0 Å². The molecule has 1 aromatic heterocycles. The molecule has 36 heavy (non-hydrogen) atoms. The zero-order chi connectivity index (χ0) is 26.5. The summed E-state index contributed by atoms with van der Waals surface area (Å²) in [5.41, 5.74) is -0.0240. The molecule has 0 atom stereocenters. The van der Waals surface area contributed by atoms with Crippen molar-refractivity contribution in [3.63, 3.8) is 0 Å². The van der Waals surface area contributed by atoms with Crippen molar-refractivity contribution in [3.05, 3.63) is 59.7 Å². The fourth-order valence-electron chi connectivity index (χ4n) is 3.34. The van der Waals surface area contributed by atoms with Crippen LogP contribution < -0.4 is 15.4 Å². The number of anilines is 3. The number of nitrogens with one attached hydrogen (secondary N) is 2. The number of nitrogens with zero attached hydrogens (tertiary/aromatic N) is 3. The monoisotopic (exact) mass is 513 g/mol. The second-order valence-electron chi connectivity index (χ2n) is 8.27. The van der Waals surface area contributed by atoms with Gasteiger partial charge in [-0.25, -0.2) is 4.98 Å². The first-order valence-electron chi connectivity index (χ1n) is 10.9. The predicted octanol–water partition coefficient (Wildman–Crippen LogP) is 6.48. The first-order chi connectivity index (χ1) is 16.8. The molecule has 0 amide bonds. The molecule has 194 valence electrons. The summed E-state index contributed by atoms with van der Waals surface area (Å²) >= 11 is 0. The molecule has 12 heteroatoms. The molecule has 3 aromatic rings. The summed E-state index contributed by atoms with van der Waals surface area (Å²) in [5, 5.41) is 5.90. The second kappa shape index (κ2) is 11.0. The molecule has 0 aliphatic rings. The lowest BCUT2D eigenvalue weighted by Gasteiger charge is -2.15. The number of benzene rings is 2. The van der Waals surface area contributed by atoms with Crippen molar-refractivity contribution in [1.29, 1.82) is 0 Å². The van der Waals surface area contributed by atoms with E-state index in [1.807, 2.05) is 19.0 Å². The van der Waals surface area contributed by atoms with Crippen LogP contribution in [0.5, 0.6) is 5.75 Å². The highest BCUT2D eigenvalue weighted by atomic mass is 19.4. The average molecular weight is 513 g/mol. The number of rotatable bonds is 9. The van der Waals surface area contributed by atoms with E-state index in [9.17, 15) is 26.3 Å². The van der Waals surface area contributed by atoms with Gasteiger partial charge in [-0.05, 0) is 63.8 Å². The Hall–Kier alpha value is -3.54. The summed E-state index contributed by atoms with van der Waals surface area (Å²) < 4.78 is 82.0. The van der Waals surface area contributed by atoms with Crippen LogP contribution in [0.4, 0.5) is 43.8 Å². The summed E-state index contributed by atoms with van der Waals surface area (Å²) in [5.74, 6) is -0.102. The van der Waals surface area contributed by atoms with Crippen LogP contribution in [0.25, 0.3) is 11.3 Å². The number of aryl methyl sites for hydroxylation is 1. The van der Waals surface area contributed by atoms with Crippen LogP contribution in [-0.2, 0) is 6.18 Å². The molecule has 0 bridgehead atoms. The molecule has 0 saturated carbocycles. The third kappa shape index (κ3) is 8.01. The Morgan fingerprint density at radius 3 is 2.36 bits per heavy atom. The van der Waals surface area contributed by atoms with Gasteiger partial charge in [-0.2, -0.15) is 18.2 Å². The largest absolute Gasteiger partial charge is 0.573 e. The van der Waals surface area contributed by atoms with Crippen molar-refractivity contribution in [2.45, 2.75) is 25.9 Å². The summed E-state index contributed by atoms with van der Waals surface area (Å²) in [6.07, 6.45) is -8.64. The minimum Gasteiger partial charge on any atom is -0.406 e. The molecule has 0 spiro atoms. The van der Waals surface area contributed by atoms with E-state index >= 15 is 0 Å². The van der Waals surface area contributed by atoms with E-state index in [4.69, 9.17) is 0 Å². The normalized spacial score (nSPS) is 12.1. The van der Waals surface area contributed by atoms with Gasteiger partial charge < -0.3 is 20.3 Å². The lowest BCUT2D eigenvalue weighted by atomic mass is 10.1. The highest BCUT2D eigenvalue weighted by molar-refractivity contribution is 5.68. The van der Waals surface area contributed by atoms with Gasteiger partial charge in [0.2, 0.25) is 5.95 Å². The van der Waals surface area contributed by atoms with Gasteiger partial charge in [0.15, 0.2) is 0 Å². The zero-order valence-electron chi connectivity index (χ0n) is 19.8. The Labute approximate surface area is 204 Å².